The second-order valence-corrected chi connectivity index (χ2v) is 10.5. The highest BCUT2D eigenvalue weighted by Gasteiger charge is 2.32. The number of rotatable bonds is 12. The second-order valence-electron chi connectivity index (χ2n) is 10.5. The molecule has 0 spiro atoms. The average Bonchev–Trinajstić information content (AvgIpc) is 3.53. The molecule has 1 aliphatic carbocycles. The maximum absolute atomic E-state index is 15.6. The van der Waals surface area contributed by atoms with Crippen LogP contribution in [0.1, 0.15) is 31.2 Å². The molecule has 1 saturated heterocycles. The van der Waals surface area contributed by atoms with Gasteiger partial charge in [0.25, 0.3) is 0 Å². The van der Waals surface area contributed by atoms with E-state index in [1.807, 2.05) is 18.2 Å². The number of urea groups is 1. The first kappa shape index (κ1) is 29.8. The molecule has 1 unspecified atom stereocenters. The molecule has 1 aliphatic heterocycles. The Kier molecular flexibility index (Phi) is 9.41. The molecule has 10 nitrogen and oxygen atoms in total. The van der Waals surface area contributed by atoms with Gasteiger partial charge >= 0.3 is 6.03 Å². The minimum absolute atomic E-state index is 0.0297. The minimum atomic E-state index is -0.885. The van der Waals surface area contributed by atoms with Crippen molar-refractivity contribution in [1.82, 2.24) is 15.3 Å². The number of likely N-dealkylation sites (tertiary alicyclic amines) is 1. The van der Waals surface area contributed by atoms with E-state index < -0.39 is 17.3 Å². The minimum Gasteiger partial charge on any atom is -0.501 e. The van der Waals surface area contributed by atoms with E-state index in [9.17, 15) is 4.79 Å². The number of halogens is 1. The number of carbonyl (C=O) groups excluding carboxylic acids is 1. The molecule has 11 heteroatoms. The standard InChI is InChI=1S/C32H36FN5O5/c1-40-23-7-5-11-32(20-23,21-36-37-31(34)39)22-8-9-28(25(33)17-22)43-27-10-12-35-26-19-30(29(41-2)18-24(26)27)42-16-6-15-38-13-3-4-14-38/h5,7-12,17-19,21H,3-4,6,13-16,20H2,1-2H3,(H3,34,37,39). The second kappa shape index (κ2) is 13.6. The van der Waals surface area contributed by atoms with Gasteiger partial charge < -0.3 is 29.6 Å². The van der Waals surface area contributed by atoms with Gasteiger partial charge in [-0.05, 0) is 68.3 Å². The number of primary amides is 1. The Labute approximate surface area is 249 Å². The van der Waals surface area contributed by atoms with E-state index in [0.29, 0.717) is 52.5 Å². The molecule has 226 valence electrons. The van der Waals surface area contributed by atoms with E-state index in [1.165, 1.54) is 25.1 Å². The fourth-order valence-electron chi connectivity index (χ4n) is 5.40. The molecule has 0 saturated carbocycles. The molecular weight excluding hydrogens is 553 g/mol. The van der Waals surface area contributed by atoms with Gasteiger partial charge in [-0.15, -0.1) is 0 Å². The van der Waals surface area contributed by atoms with Crippen molar-refractivity contribution in [1.29, 1.82) is 0 Å². The van der Waals surface area contributed by atoms with Crippen molar-refractivity contribution < 1.29 is 28.1 Å². The van der Waals surface area contributed by atoms with Crippen LogP contribution in [-0.4, -0.2) is 62.6 Å². The Morgan fingerprint density at radius 1 is 1.12 bits per heavy atom. The molecule has 0 radical (unpaired) electrons. The number of hydrogen-bond acceptors (Lipinski definition) is 8. The molecular formula is C32H36FN5O5. The van der Waals surface area contributed by atoms with Gasteiger partial charge in [0.1, 0.15) is 5.75 Å². The fourth-order valence-corrected chi connectivity index (χ4v) is 5.40. The third-order valence-corrected chi connectivity index (χ3v) is 7.63. The summed E-state index contributed by atoms with van der Waals surface area (Å²) in [4.78, 5) is 18.1. The number of hydrogen-bond donors (Lipinski definition) is 2. The lowest BCUT2D eigenvalue weighted by Gasteiger charge is -2.30. The van der Waals surface area contributed by atoms with E-state index in [4.69, 9.17) is 24.7 Å². The number of nitrogens with zero attached hydrogens (tertiary/aromatic N) is 3. The zero-order chi connectivity index (χ0) is 30.2. The third-order valence-electron chi connectivity index (χ3n) is 7.63. The summed E-state index contributed by atoms with van der Waals surface area (Å²) in [6, 6.07) is 9.16. The molecule has 1 aromatic heterocycles. The van der Waals surface area contributed by atoms with E-state index in [-0.39, 0.29) is 5.75 Å². The van der Waals surface area contributed by atoms with Crippen molar-refractivity contribution in [2.45, 2.75) is 31.1 Å². The number of pyridine rings is 1. The molecule has 1 atom stereocenters. The normalized spacial score (nSPS) is 18.5. The number of hydrazone groups is 1. The van der Waals surface area contributed by atoms with Gasteiger partial charge in [0.05, 0.1) is 37.5 Å². The molecule has 3 aromatic rings. The highest BCUT2D eigenvalue weighted by molar-refractivity contribution is 5.88. The van der Waals surface area contributed by atoms with Gasteiger partial charge in [-0.1, -0.05) is 18.2 Å². The summed E-state index contributed by atoms with van der Waals surface area (Å²) in [5.74, 6) is 1.67. The first-order valence-corrected chi connectivity index (χ1v) is 14.2. The number of aromatic nitrogens is 1. The van der Waals surface area contributed by atoms with Crippen molar-refractivity contribution in [3.63, 3.8) is 0 Å². The Hall–Kier alpha value is -4.64. The summed E-state index contributed by atoms with van der Waals surface area (Å²) < 4.78 is 38.8. The summed E-state index contributed by atoms with van der Waals surface area (Å²) >= 11 is 0. The SMILES string of the molecule is COC1=CC=CC(C=NNC(N)=O)(c2ccc(Oc3ccnc4cc(OCCCN5CCCC5)c(OC)cc34)c(F)c2)C1. The number of nitrogens with two attached hydrogens (primary N) is 1. The molecule has 43 heavy (non-hydrogen) atoms. The fraction of sp³-hybridized carbons (Fsp3) is 0.344. The summed E-state index contributed by atoms with van der Waals surface area (Å²) in [5.41, 5.74) is 7.69. The van der Waals surface area contributed by atoms with Crippen LogP contribution in [0.25, 0.3) is 10.9 Å². The topological polar surface area (TPSA) is 121 Å². The summed E-state index contributed by atoms with van der Waals surface area (Å²) in [5, 5.41) is 4.61. The van der Waals surface area contributed by atoms with Gasteiger partial charge in [-0.3, -0.25) is 4.98 Å². The van der Waals surface area contributed by atoms with Gasteiger partial charge in [-0.25, -0.2) is 14.6 Å². The maximum atomic E-state index is 15.6. The maximum Gasteiger partial charge on any atom is 0.332 e. The number of amides is 2. The molecule has 0 bridgehead atoms. The summed E-state index contributed by atoms with van der Waals surface area (Å²) in [6.07, 6.45) is 12.4. The number of nitrogens with one attached hydrogen (secondary N) is 1. The lowest BCUT2D eigenvalue weighted by Crippen LogP contribution is -2.31. The number of carbonyl (C=O) groups is 1. The van der Waals surface area contributed by atoms with Crippen molar-refractivity contribution >= 4 is 23.1 Å². The molecule has 2 aliphatic rings. The first-order valence-electron chi connectivity index (χ1n) is 14.2. The number of allylic oxidation sites excluding steroid dienone is 4. The Morgan fingerprint density at radius 2 is 1.95 bits per heavy atom. The predicted molar refractivity (Wildman–Crippen MR) is 162 cm³/mol. The zero-order valence-corrected chi connectivity index (χ0v) is 24.3. The van der Waals surface area contributed by atoms with Crippen LogP contribution in [0.15, 0.2) is 71.7 Å². The van der Waals surface area contributed by atoms with Crippen LogP contribution >= 0.6 is 0 Å². The van der Waals surface area contributed by atoms with E-state index in [1.54, 1.807) is 50.8 Å². The van der Waals surface area contributed by atoms with Gasteiger partial charge in [0, 0.05) is 36.8 Å². The molecule has 1 fully saturated rings. The summed E-state index contributed by atoms with van der Waals surface area (Å²) in [6.45, 7) is 3.88. The van der Waals surface area contributed by atoms with Gasteiger partial charge in [-0.2, -0.15) is 5.10 Å². The average molecular weight is 590 g/mol. The quantitative estimate of drug-likeness (QED) is 0.164. The van der Waals surface area contributed by atoms with Crippen molar-refractivity contribution in [3.05, 3.63) is 78.0 Å². The molecule has 2 heterocycles. The molecule has 2 aromatic carbocycles. The highest BCUT2D eigenvalue weighted by atomic mass is 19.1. The number of methoxy groups -OCH3 is 2. The van der Waals surface area contributed by atoms with Crippen LogP contribution in [0.5, 0.6) is 23.0 Å². The predicted octanol–water partition coefficient (Wildman–Crippen LogP) is 5.42. The number of benzene rings is 2. The monoisotopic (exact) mass is 589 g/mol. The Morgan fingerprint density at radius 3 is 2.70 bits per heavy atom. The smallest absolute Gasteiger partial charge is 0.332 e. The number of ether oxygens (including phenoxy) is 4. The van der Waals surface area contributed by atoms with Crippen LogP contribution in [0, 0.1) is 5.82 Å². The summed E-state index contributed by atoms with van der Waals surface area (Å²) in [7, 11) is 3.14. The van der Waals surface area contributed by atoms with Crippen molar-refractivity contribution in [2.75, 3.05) is 40.5 Å². The number of fused-ring (bicyclic) bond motifs is 1. The lowest BCUT2D eigenvalue weighted by atomic mass is 9.75. The highest BCUT2D eigenvalue weighted by Crippen LogP contribution is 2.40. The first-order chi connectivity index (χ1) is 20.9. The molecule has 3 N–H and O–H groups in total. The van der Waals surface area contributed by atoms with E-state index in [0.717, 1.165) is 26.1 Å². The largest absolute Gasteiger partial charge is 0.501 e. The van der Waals surface area contributed by atoms with Gasteiger partial charge in [0.15, 0.2) is 23.1 Å². The molecule has 2 amide bonds. The van der Waals surface area contributed by atoms with E-state index in [2.05, 4.69) is 20.4 Å². The van der Waals surface area contributed by atoms with Gasteiger partial charge in [0.2, 0.25) is 0 Å². The van der Waals surface area contributed by atoms with E-state index >= 15 is 4.39 Å². The van der Waals surface area contributed by atoms with Crippen molar-refractivity contribution in [3.8, 4) is 23.0 Å². The van der Waals surface area contributed by atoms with Crippen LogP contribution in [-0.2, 0) is 10.2 Å². The Balaban J connectivity index is 1.36. The van der Waals surface area contributed by atoms with Crippen LogP contribution in [0.2, 0.25) is 0 Å². The third kappa shape index (κ3) is 7.06. The zero-order valence-electron chi connectivity index (χ0n) is 24.3. The van der Waals surface area contributed by atoms with Crippen molar-refractivity contribution in [2.24, 2.45) is 10.8 Å². The molecule has 5 rings (SSSR count). The Bertz CT molecular complexity index is 1550. The van der Waals surface area contributed by atoms with Crippen LogP contribution < -0.4 is 25.4 Å². The van der Waals surface area contributed by atoms with Crippen LogP contribution in [0.3, 0.4) is 0 Å². The lowest BCUT2D eigenvalue weighted by molar-refractivity contribution is 0.249. The van der Waals surface area contributed by atoms with Crippen LogP contribution in [0.4, 0.5) is 9.18 Å².